The lowest BCUT2D eigenvalue weighted by Gasteiger charge is -2.04. The molecule has 0 amide bonds. The maximum Gasteiger partial charge on any atom is 0.339 e. The Kier molecular flexibility index (Phi) is 3.37. The summed E-state index contributed by atoms with van der Waals surface area (Å²) >= 11 is 0. The number of carbonyl (C=O) groups is 1. The van der Waals surface area contributed by atoms with Crippen molar-refractivity contribution in [2.24, 2.45) is 0 Å². The number of hydrogen-bond donors (Lipinski definition) is 0. The van der Waals surface area contributed by atoms with Crippen LogP contribution in [-0.4, -0.2) is 18.1 Å². The van der Waals surface area contributed by atoms with Crippen molar-refractivity contribution in [3.8, 4) is 0 Å². The Hall–Kier alpha value is -2.34. The van der Waals surface area contributed by atoms with Crippen LogP contribution in [0.25, 0.3) is 0 Å². The highest BCUT2D eigenvalue weighted by molar-refractivity contribution is 5.89. The van der Waals surface area contributed by atoms with Crippen LogP contribution in [0.3, 0.4) is 0 Å². The van der Waals surface area contributed by atoms with Crippen LogP contribution < -0.4 is 0 Å². The number of methoxy groups -OCH3 is 1. The molecule has 2 rings (SSSR count). The molecule has 0 N–H and O–H groups in total. The maximum absolute atomic E-state index is 11.3. The molecule has 0 saturated carbocycles. The summed E-state index contributed by atoms with van der Waals surface area (Å²) in [4.78, 5) is 15.4. The molecule has 1 aromatic rings. The summed E-state index contributed by atoms with van der Waals surface area (Å²) in [5.74, 6) is -0.368. The third-order valence-corrected chi connectivity index (χ3v) is 2.35. The average molecular weight is 225 g/mol. The largest absolute Gasteiger partial charge is 0.465 e. The third kappa shape index (κ3) is 2.82. The first-order valence-corrected chi connectivity index (χ1v) is 5.18. The normalized spacial score (nSPS) is 12.4. The molecule has 17 heavy (non-hydrogen) atoms. The highest BCUT2D eigenvalue weighted by Crippen LogP contribution is 2.12. The first kappa shape index (κ1) is 11.2. The van der Waals surface area contributed by atoms with E-state index < -0.39 is 0 Å². The van der Waals surface area contributed by atoms with Gasteiger partial charge in [0.25, 0.3) is 0 Å². The highest BCUT2D eigenvalue weighted by atomic mass is 16.5. The van der Waals surface area contributed by atoms with E-state index in [1.54, 1.807) is 12.3 Å². The van der Waals surface area contributed by atoms with Gasteiger partial charge in [-0.15, -0.1) is 0 Å². The van der Waals surface area contributed by atoms with E-state index in [2.05, 4.69) is 21.2 Å². The molecule has 0 spiro atoms. The number of carbonyl (C=O) groups excluding carboxylic acids is 1. The summed E-state index contributed by atoms with van der Waals surface area (Å²) in [7, 11) is 1.36. The second-order valence-electron chi connectivity index (χ2n) is 3.59. The Morgan fingerprint density at radius 3 is 3.00 bits per heavy atom. The average Bonchev–Trinajstić information content (AvgIpc) is 2.39. The number of aromatic nitrogens is 1. The zero-order chi connectivity index (χ0) is 12.1. The van der Waals surface area contributed by atoms with Gasteiger partial charge in [-0.3, -0.25) is 4.98 Å². The quantitative estimate of drug-likeness (QED) is 0.585. The molecule has 1 aliphatic carbocycles. The molecule has 3 nitrogen and oxygen atoms in total. The monoisotopic (exact) mass is 225 g/mol. The van der Waals surface area contributed by atoms with Crippen molar-refractivity contribution in [3.63, 3.8) is 0 Å². The van der Waals surface area contributed by atoms with Gasteiger partial charge in [-0.05, 0) is 41.9 Å². The van der Waals surface area contributed by atoms with E-state index in [4.69, 9.17) is 0 Å². The van der Waals surface area contributed by atoms with E-state index in [9.17, 15) is 4.79 Å². The van der Waals surface area contributed by atoms with Gasteiger partial charge in [-0.1, -0.05) is 11.5 Å². The van der Waals surface area contributed by atoms with Gasteiger partial charge in [-0.25, -0.2) is 4.79 Å². The second-order valence-corrected chi connectivity index (χ2v) is 3.59. The van der Waals surface area contributed by atoms with Crippen LogP contribution in [0, 0.1) is 0 Å². The summed E-state index contributed by atoms with van der Waals surface area (Å²) in [6.45, 7) is 0. The lowest BCUT2D eigenvalue weighted by atomic mass is 10.0. The molecule has 0 aromatic carbocycles. The van der Waals surface area contributed by atoms with Gasteiger partial charge >= 0.3 is 5.97 Å². The maximum atomic E-state index is 11.3. The van der Waals surface area contributed by atoms with Crippen molar-refractivity contribution in [2.45, 2.75) is 6.42 Å². The van der Waals surface area contributed by atoms with Gasteiger partial charge < -0.3 is 4.74 Å². The van der Waals surface area contributed by atoms with Crippen molar-refractivity contribution in [2.75, 3.05) is 7.11 Å². The molecule has 0 atom stereocenters. The van der Waals surface area contributed by atoms with Gasteiger partial charge in [0.15, 0.2) is 0 Å². The highest BCUT2D eigenvalue weighted by Gasteiger charge is 2.07. The Bertz CT molecular complexity index is 572. The summed E-state index contributed by atoms with van der Waals surface area (Å²) in [6.07, 6.45) is 9.59. The van der Waals surface area contributed by atoms with E-state index in [-0.39, 0.29) is 5.97 Å². The molecule has 0 aliphatic heterocycles. The van der Waals surface area contributed by atoms with Gasteiger partial charge in [0.2, 0.25) is 0 Å². The lowest BCUT2D eigenvalue weighted by molar-refractivity contribution is 0.0600. The zero-order valence-electron chi connectivity index (χ0n) is 9.43. The fraction of sp³-hybridized carbons (Fsp3) is 0.143. The van der Waals surface area contributed by atoms with Crippen molar-refractivity contribution < 1.29 is 9.53 Å². The first-order valence-electron chi connectivity index (χ1n) is 5.18. The van der Waals surface area contributed by atoms with Crippen molar-refractivity contribution >= 4 is 5.97 Å². The fourth-order valence-electron chi connectivity index (χ4n) is 1.54. The second kappa shape index (κ2) is 5.13. The van der Waals surface area contributed by atoms with E-state index in [1.807, 2.05) is 18.2 Å². The molecular formula is C14H11NO2. The third-order valence-electron chi connectivity index (χ3n) is 2.35. The van der Waals surface area contributed by atoms with Gasteiger partial charge in [-0.2, -0.15) is 0 Å². The Balaban J connectivity index is 2.17. The molecule has 0 bridgehead atoms. The molecular weight excluding hydrogens is 214 g/mol. The molecule has 1 aliphatic rings. The Morgan fingerprint density at radius 2 is 2.29 bits per heavy atom. The first-order chi connectivity index (χ1) is 8.29. The van der Waals surface area contributed by atoms with Crippen LogP contribution in [0.2, 0.25) is 0 Å². The van der Waals surface area contributed by atoms with E-state index in [0.29, 0.717) is 12.0 Å². The minimum atomic E-state index is -0.368. The summed E-state index contributed by atoms with van der Waals surface area (Å²) < 4.78 is 4.65. The van der Waals surface area contributed by atoms with Crippen LogP contribution in [-0.2, 0) is 11.2 Å². The summed E-state index contributed by atoms with van der Waals surface area (Å²) in [5.41, 5.74) is 8.27. The number of rotatable bonds is 3. The number of ether oxygens (including phenoxy) is 1. The van der Waals surface area contributed by atoms with Gasteiger partial charge in [0, 0.05) is 12.4 Å². The number of pyridine rings is 1. The van der Waals surface area contributed by atoms with Crippen LogP contribution in [0.4, 0.5) is 0 Å². The van der Waals surface area contributed by atoms with E-state index in [1.165, 1.54) is 13.3 Å². The Labute approximate surface area is 99.4 Å². The minimum Gasteiger partial charge on any atom is -0.465 e. The Morgan fingerprint density at radius 1 is 1.41 bits per heavy atom. The predicted octanol–water partition coefficient (Wildman–Crippen LogP) is 2.22. The van der Waals surface area contributed by atoms with Gasteiger partial charge in [0.05, 0.1) is 12.7 Å². The molecule has 3 heteroatoms. The number of hydrogen-bond acceptors (Lipinski definition) is 3. The number of nitrogens with zero attached hydrogens (tertiary/aromatic N) is 1. The molecule has 0 unspecified atom stereocenters. The van der Waals surface area contributed by atoms with Crippen LogP contribution in [0.1, 0.15) is 15.9 Å². The summed E-state index contributed by atoms with van der Waals surface area (Å²) in [6, 6.07) is 1.79. The molecule has 0 radical (unpaired) electrons. The van der Waals surface area contributed by atoms with Crippen molar-refractivity contribution in [1.82, 2.24) is 4.98 Å². The smallest absolute Gasteiger partial charge is 0.339 e. The molecule has 1 aromatic heterocycles. The molecule has 1 heterocycles. The van der Waals surface area contributed by atoms with E-state index in [0.717, 1.165) is 11.1 Å². The number of allylic oxidation sites excluding steroid dienone is 4. The molecule has 0 saturated heterocycles. The van der Waals surface area contributed by atoms with Crippen LogP contribution in [0.15, 0.2) is 53.7 Å². The van der Waals surface area contributed by atoms with Crippen molar-refractivity contribution in [1.29, 1.82) is 0 Å². The SMILES string of the molecule is COC(=O)c1cncc(CC2=CC=C=C=C2)c1. The van der Waals surface area contributed by atoms with E-state index >= 15 is 0 Å². The standard InChI is InChI=1S/C14H11NO2/c1-17-14(16)13-8-12(9-15-10-13)7-11-5-3-2-4-6-11/h3,5-6,8-10H,7H2,1H3. The molecule has 0 fully saturated rings. The predicted molar refractivity (Wildman–Crippen MR) is 63.5 cm³/mol. The topological polar surface area (TPSA) is 39.2 Å². The summed E-state index contributed by atoms with van der Waals surface area (Å²) in [5, 5.41) is 0. The fourth-order valence-corrected chi connectivity index (χ4v) is 1.54. The molecule has 84 valence electrons. The minimum absolute atomic E-state index is 0.368. The zero-order valence-corrected chi connectivity index (χ0v) is 9.43. The number of esters is 1. The van der Waals surface area contributed by atoms with Crippen LogP contribution >= 0.6 is 0 Å². The van der Waals surface area contributed by atoms with Crippen molar-refractivity contribution in [3.05, 3.63) is 64.9 Å². The van der Waals surface area contributed by atoms with Crippen LogP contribution in [0.5, 0.6) is 0 Å². The lowest BCUT2D eigenvalue weighted by Crippen LogP contribution is -2.03. The van der Waals surface area contributed by atoms with Gasteiger partial charge in [0.1, 0.15) is 0 Å².